The van der Waals surface area contributed by atoms with Crippen LogP contribution in [0.4, 0.5) is 5.69 Å². The van der Waals surface area contributed by atoms with Gasteiger partial charge in [-0.05, 0) is 55.0 Å². The molecule has 0 aliphatic carbocycles. The van der Waals surface area contributed by atoms with Crippen LogP contribution in [-0.2, 0) is 16.6 Å². The highest BCUT2D eigenvalue weighted by molar-refractivity contribution is 7.92. The van der Waals surface area contributed by atoms with Gasteiger partial charge in [0.25, 0.3) is 10.0 Å². The molecule has 0 radical (unpaired) electrons. The number of halogens is 1. The summed E-state index contributed by atoms with van der Waals surface area (Å²) in [5.41, 5.74) is 3.32. The van der Waals surface area contributed by atoms with Crippen molar-refractivity contribution in [2.75, 3.05) is 10.8 Å². The second-order valence-corrected chi connectivity index (χ2v) is 10.9. The maximum atomic E-state index is 13.7. The molecule has 7 heteroatoms. The lowest BCUT2D eigenvalue weighted by atomic mass is 10.2. The third-order valence-corrected chi connectivity index (χ3v) is 8.28. The molecule has 0 bridgehead atoms. The van der Waals surface area contributed by atoms with Crippen molar-refractivity contribution in [2.24, 2.45) is 0 Å². The van der Waals surface area contributed by atoms with E-state index >= 15 is 0 Å². The zero-order valence-corrected chi connectivity index (χ0v) is 20.7. The van der Waals surface area contributed by atoms with Crippen molar-refractivity contribution < 1.29 is 13.5 Å². The van der Waals surface area contributed by atoms with E-state index in [0.29, 0.717) is 10.7 Å². The van der Waals surface area contributed by atoms with Crippen molar-refractivity contribution in [2.45, 2.75) is 24.5 Å². The first-order chi connectivity index (χ1) is 16.9. The molecular weight excluding hydrogens is 480 g/mol. The van der Waals surface area contributed by atoms with E-state index in [1.807, 2.05) is 55.5 Å². The summed E-state index contributed by atoms with van der Waals surface area (Å²) in [4.78, 5) is 0.120. The van der Waals surface area contributed by atoms with Crippen molar-refractivity contribution in [3.63, 3.8) is 0 Å². The zero-order chi connectivity index (χ0) is 24.6. The van der Waals surface area contributed by atoms with E-state index in [0.717, 1.165) is 27.4 Å². The highest BCUT2D eigenvalue weighted by atomic mass is 35.5. The minimum Gasteiger partial charge on any atom is -0.389 e. The van der Waals surface area contributed by atoms with E-state index < -0.39 is 16.1 Å². The van der Waals surface area contributed by atoms with Gasteiger partial charge in [-0.15, -0.1) is 0 Å². The molecule has 4 aromatic carbocycles. The molecule has 5 rings (SSSR count). The Morgan fingerprint density at radius 3 is 1.97 bits per heavy atom. The molecule has 5 nitrogen and oxygen atoms in total. The maximum absolute atomic E-state index is 13.7. The van der Waals surface area contributed by atoms with Crippen LogP contribution in [-0.4, -0.2) is 30.7 Å². The van der Waals surface area contributed by atoms with Crippen LogP contribution in [0.5, 0.6) is 0 Å². The molecule has 1 N–H and O–H groups in total. The largest absolute Gasteiger partial charge is 0.389 e. The third-order valence-electron chi connectivity index (χ3n) is 6.24. The summed E-state index contributed by atoms with van der Waals surface area (Å²) in [5.74, 6) is 0. The van der Waals surface area contributed by atoms with Gasteiger partial charge in [0.05, 0.1) is 29.8 Å². The van der Waals surface area contributed by atoms with E-state index in [9.17, 15) is 13.5 Å². The highest BCUT2D eigenvalue weighted by Crippen LogP contribution is 2.31. The monoisotopic (exact) mass is 504 g/mol. The molecule has 0 aliphatic heterocycles. The number of fused-ring (bicyclic) bond motifs is 3. The fourth-order valence-electron chi connectivity index (χ4n) is 4.56. The van der Waals surface area contributed by atoms with Crippen molar-refractivity contribution in [1.29, 1.82) is 0 Å². The number of aryl methyl sites for hydroxylation is 1. The average molecular weight is 505 g/mol. The number of aliphatic hydroxyl groups excluding tert-OH is 1. The summed E-state index contributed by atoms with van der Waals surface area (Å²) in [5, 5.41) is 13.9. The van der Waals surface area contributed by atoms with Gasteiger partial charge in [-0.2, -0.15) is 0 Å². The SMILES string of the molecule is Cc1ccccc1N(C[C@@H](O)Cn1c2ccccc2c2ccccc21)S(=O)(=O)c1ccc(Cl)cc1. The van der Waals surface area contributed by atoms with Crippen LogP contribution in [0.2, 0.25) is 5.02 Å². The summed E-state index contributed by atoms with van der Waals surface area (Å²) in [6, 6.07) is 29.4. The van der Waals surface area contributed by atoms with Crippen LogP contribution in [0.1, 0.15) is 5.56 Å². The summed E-state index contributed by atoms with van der Waals surface area (Å²) in [6.07, 6.45) is -0.962. The number of hydrogen-bond acceptors (Lipinski definition) is 3. The van der Waals surface area contributed by atoms with Gasteiger partial charge in [0.15, 0.2) is 0 Å². The molecule has 178 valence electrons. The Bertz CT molecular complexity index is 1560. The molecular formula is C28H25ClN2O3S. The Hall–Kier alpha value is -3.32. The van der Waals surface area contributed by atoms with Crippen molar-refractivity contribution in [3.05, 3.63) is 108 Å². The lowest BCUT2D eigenvalue weighted by Crippen LogP contribution is -2.39. The van der Waals surface area contributed by atoms with Gasteiger partial charge < -0.3 is 9.67 Å². The first-order valence-corrected chi connectivity index (χ1v) is 13.2. The summed E-state index contributed by atoms with van der Waals surface area (Å²) >= 11 is 5.99. The average Bonchev–Trinajstić information content (AvgIpc) is 3.17. The highest BCUT2D eigenvalue weighted by Gasteiger charge is 2.28. The zero-order valence-electron chi connectivity index (χ0n) is 19.2. The lowest BCUT2D eigenvalue weighted by molar-refractivity contribution is 0.166. The maximum Gasteiger partial charge on any atom is 0.264 e. The Balaban J connectivity index is 1.54. The fraction of sp³-hybridized carbons (Fsp3) is 0.143. The Morgan fingerprint density at radius 1 is 0.829 bits per heavy atom. The Labute approximate surface area is 209 Å². The predicted molar refractivity (Wildman–Crippen MR) is 143 cm³/mol. The number of para-hydroxylation sites is 3. The van der Waals surface area contributed by atoms with Gasteiger partial charge in [-0.3, -0.25) is 4.31 Å². The van der Waals surface area contributed by atoms with Gasteiger partial charge in [-0.25, -0.2) is 8.42 Å². The molecule has 0 fully saturated rings. The number of aromatic nitrogens is 1. The summed E-state index contributed by atoms with van der Waals surface area (Å²) < 4.78 is 30.8. The molecule has 0 saturated heterocycles. The van der Waals surface area contributed by atoms with Gasteiger partial charge >= 0.3 is 0 Å². The number of hydrogen-bond donors (Lipinski definition) is 1. The van der Waals surface area contributed by atoms with Gasteiger partial charge in [0, 0.05) is 26.8 Å². The number of nitrogens with zero attached hydrogens (tertiary/aromatic N) is 2. The van der Waals surface area contributed by atoms with Crippen LogP contribution >= 0.6 is 11.6 Å². The minimum atomic E-state index is -3.95. The minimum absolute atomic E-state index is 0.101. The molecule has 0 spiro atoms. The van der Waals surface area contributed by atoms with E-state index in [1.165, 1.54) is 16.4 Å². The Morgan fingerprint density at radius 2 is 1.37 bits per heavy atom. The Kier molecular flexibility index (Phi) is 6.28. The second-order valence-electron chi connectivity index (χ2n) is 8.58. The van der Waals surface area contributed by atoms with E-state index in [-0.39, 0.29) is 18.0 Å². The molecule has 0 unspecified atom stereocenters. The van der Waals surface area contributed by atoms with Crippen LogP contribution in [0.3, 0.4) is 0 Å². The fourth-order valence-corrected chi connectivity index (χ4v) is 6.26. The second kappa shape index (κ2) is 9.38. The number of benzene rings is 4. The van der Waals surface area contributed by atoms with E-state index in [2.05, 4.69) is 16.7 Å². The smallest absolute Gasteiger partial charge is 0.264 e. The quantitative estimate of drug-likeness (QED) is 0.295. The standard InChI is InChI=1S/C28H25ClN2O3S/c1-20-8-2-5-11-26(20)31(35(33,34)23-16-14-21(29)15-17-23)19-22(32)18-30-27-12-6-3-9-24(27)25-10-4-7-13-28(25)30/h2-17,22,32H,18-19H2,1H3/t22-/m0/s1. The number of rotatable bonds is 7. The van der Waals surface area contributed by atoms with Crippen LogP contribution in [0.15, 0.2) is 102 Å². The third kappa shape index (κ3) is 4.41. The molecule has 1 aromatic heterocycles. The lowest BCUT2D eigenvalue weighted by Gasteiger charge is -2.28. The van der Waals surface area contributed by atoms with Crippen LogP contribution < -0.4 is 4.31 Å². The predicted octanol–water partition coefficient (Wildman–Crippen LogP) is 6.01. The number of anilines is 1. The molecule has 0 amide bonds. The van der Waals surface area contributed by atoms with Crippen LogP contribution in [0.25, 0.3) is 21.8 Å². The summed E-state index contributed by atoms with van der Waals surface area (Å²) in [6.45, 7) is 2.00. The van der Waals surface area contributed by atoms with Gasteiger partial charge in [0.2, 0.25) is 0 Å². The summed E-state index contributed by atoms with van der Waals surface area (Å²) in [7, 11) is -3.95. The number of aliphatic hydroxyl groups is 1. The van der Waals surface area contributed by atoms with Crippen LogP contribution in [0, 0.1) is 6.92 Å². The molecule has 5 aromatic rings. The molecule has 35 heavy (non-hydrogen) atoms. The van der Waals surface area contributed by atoms with Crippen molar-refractivity contribution in [1.82, 2.24) is 4.57 Å². The molecule has 0 saturated carbocycles. The number of sulfonamides is 1. The molecule has 1 heterocycles. The molecule has 0 aliphatic rings. The molecule has 1 atom stereocenters. The van der Waals surface area contributed by atoms with E-state index in [4.69, 9.17) is 11.6 Å². The van der Waals surface area contributed by atoms with Crippen molar-refractivity contribution >= 4 is 49.1 Å². The van der Waals surface area contributed by atoms with Gasteiger partial charge in [-0.1, -0.05) is 66.2 Å². The first-order valence-electron chi connectivity index (χ1n) is 11.3. The van der Waals surface area contributed by atoms with Crippen molar-refractivity contribution in [3.8, 4) is 0 Å². The topological polar surface area (TPSA) is 62.5 Å². The first kappa shape index (κ1) is 23.4. The van der Waals surface area contributed by atoms with E-state index in [1.54, 1.807) is 24.3 Å². The normalized spacial score (nSPS) is 12.8. The van der Waals surface area contributed by atoms with Gasteiger partial charge in [0.1, 0.15) is 0 Å².